The van der Waals surface area contributed by atoms with E-state index in [1.54, 1.807) is 6.07 Å². The zero-order chi connectivity index (χ0) is 13.8. The fraction of sp³-hybridized carbons (Fsp3) is 0.600. The molecule has 2 nitrogen and oxygen atoms in total. The zero-order valence-electron chi connectivity index (χ0n) is 12.4. The Hall–Kier alpha value is -0.0600. The third-order valence-electron chi connectivity index (χ3n) is 3.56. The van der Waals surface area contributed by atoms with E-state index >= 15 is 0 Å². The van der Waals surface area contributed by atoms with Gasteiger partial charge in [0.05, 0.1) is 0 Å². The van der Waals surface area contributed by atoms with Gasteiger partial charge in [0.15, 0.2) is 0 Å². The van der Waals surface area contributed by atoms with Crippen LogP contribution >= 0.6 is 36.4 Å². The Morgan fingerprint density at radius 3 is 2.33 bits per heavy atom. The first-order chi connectivity index (χ1) is 9.06. The summed E-state index contributed by atoms with van der Waals surface area (Å²) in [4.78, 5) is 2.43. The largest absolute Gasteiger partial charge is 0.314 e. The lowest BCUT2D eigenvalue weighted by Crippen LogP contribution is -2.45. The van der Waals surface area contributed by atoms with Gasteiger partial charge in [0.2, 0.25) is 0 Å². The maximum atomic E-state index is 13.6. The van der Waals surface area contributed by atoms with Crippen LogP contribution in [0.15, 0.2) is 18.2 Å². The van der Waals surface area contributed by atoms with Gasteiger partial charge in [-0.25, -0.2) is 4.39 Å². The lowest BCUT2D eigenvalue weighted by molar-refractivity contribution is 0.154. The average molecular weight is 358 g/mol. The monoisotopic (exact) mass is 356 g/mol. The van der Waals surface area contributed by atoms with Crippen LogP contribution in [0.2, 0.25) is 5.02 Å². The molecule has 1 heterocycles. The van der Waals surface area contributed by atoms with Crippen LogP contribution in [0.3, 0.4) is 0 Å². The van der Waals surface area contributed by atoms with E-state index in [1.165, 1.54) is 6.07 Å². The summed E-state index contributed by atoms with van der Waals surface area (Å²) >= 11 is 6.00. The molecular formula is C15H24Cl3FN2. The minimum atomic E-state index is -0.244. The third-order valence-corrected chi connectivity index (χ3v) is 3.77. The normalized spacial score (nSPS) is 17.0. The van der Waals surface area contributed by atoms with E-state index in [2.05, 4.69) is 24.1 Å². The molecule has 2 rings (SSSR count). The molecule has 0 spiro atoms. The summed E-state index contributed by atoms with van der Waals surface area (Å²) in [5, 5.41) is 3.84. The maximum Gasteiger partial charge on any atom is 0.125 e. The molecule has 1 N–H and O–H groups in total. The molecule has 0 aliphatic carbocycles. The molecule has 1 fully saturated rings. The molecule has 1 aromatic rings. The quantitative estimate of drug-likeness (QED) is 0.863. The first-order valence-corrected chi connectivity index (χ1v) is 7.35. The third kappa shape index (κ3) is 6.29. The predicted octanol–water partition coefficient (Wildman–Crippen LogP) is 4.32. The molecule has 0 aromatic heterocycles. The predicted molar refractivity (Wildman–Crippen MR) is 92.5 cm³/mol. The molecule has 122 valence electrons. The van der Waals surface area contributed by atoms with E-state index in [0.29, 0.717) is 10.9 Å². The van der Waals surface area contributed by atoms with E-state index < -0.39 is 0 Å². The number of nitrogens with one attached hydrogen (secondary N) is 1. The van der Waals surface area contributed by atoms with Crippen LogP contribution in [0.1, 0.15) is 31.9 Å². The van der Waals surface area contributed by atoms with Gasteiger partial charge in [-0.3, -0.25) is 4.90 Å². The van der Waals surface area contributed by atoms with Crippen molar-refractivity contribution >= 4 is 36.4 Å². The molecule has 0 saturated carbocycles. The van der Waals surface area contributed by atoms with Gasteiger partial charge in [-0.2, -0.15) is 0 Å². The van der Waals surface area contributed by atoms with Crippen LogP contribution in [0.4, 0.5) is 4.39 Å². The van der Waals surface area contributed by atoms with Gasteiger partial charge in [0.25, 0.3) is 0 Å². The first-order valence-electron chi connectivity index (χ1n) is 6.97. The number of nitrogens with zero attached hydrogens (tertiary/aromatic N) is 1. The topological polar surface area (TPSA) is 15.3 Å². The zero-order valence-corrected chi connectivity index (χ0v) is 14.8. The van der Waals surface area contributed by atoms with Crippen molar-refractivity contribution < 1.29 is 4.39 Å². The summed E-state index contributed by atoms with van der Waals surface area (Å²) in [5.41, 5.74) is 1.00. The number of benzene rings is 1. The van der Waals surface area contributed by atoms with Gasteiger partial charge < -0.3 is 5.32 Å². The Labute approximate surface area is 144 Å². The molecule has 1 aromatic carbocycles. The Balaban J connectivity index is 0.00000200. The molecule has 0 radical (unpaired) electrons. The molecule has 0 unspecified atom stereocenters. The van der Waals surface area contributed by atoms with Crippen LogP contribution in [-0.2, 0) is 0 Å². The molecule has 0 bridgehead atoms. The van der Waals surface area contributed by atoms with Gasteiger partial charge in [0, 0.05) is 37.2 Å². The molecule has 0 amide bonds. The van der Waals surface area contributed by atoms with Gasteiger partial charge >= 0.3 is 0 Å². The van der Waals surface area contributed by atoms with Crippen LogP contribution in [-0.4, -0.2) is 31.1 Å². The van der Waals surface area contributed by atoms with Gasteiger partial charge in [0.1, 0.15) is 5.82 Å². The highest BCUT2D eigenvalue weighted by Crippen LogP contribution is 2.30. The summed E-state index contributed by atoms with van der Waals surface area (Å²) in [7, 11) is 0. The molecule has 1 atom stereocenters. The molecule has 1 aliphatic heterocycles. The number of rotatable bonds is 4. The SMILES string of the molecule is CC(C)C[C@@H](c1cc(F)cc(Cl)c1)N1CCNCC1.Cl.Cl. The second-order valence-corrected chi connectivity index (χ2v) is 6.07. The van der Waals surface area contributed by atoms with Crippen molar-refractivity contribution in [3.8, 4) is 0 Å². The summed E-state index contributed by atoms with van der Waals surface area (Å²) in [6.07, 6.45) is 1.03. The Morgan fingerprint density at radius 2 is 1.81 bits per heavy atom. The molecule has 6 heteroatoms. The van der Waals surface area contributed by atoms with Gasteiger partial charge in [-0.05, 0) is 36.1 Å². The van der Waals surface area contributed by atoms with Crippen LogP contribution in [0, 0.1) is 11.7 Å². The van der Waals surface area contributed by atoms with Crippen LogP contribution in [0.5, 0.6) is 0 Å². The van der Waals surface area contributed by atoms with Crippen LogP contribution in [0.25, 0.3) is 0 Å². The van der Waals surface area contributed by atoms with Gasteiger partial charge in [-0.1, -0.05) is 25.4 Å². The summed E-state index contributed by atoms with van der Waals surface area (Å²) in [6, 6.07) is 5.16. The first kappa shape index (κ1) is 20.9. The highest BCUT2D eigenvalue weighted by Gasteiger charge is 2.23. The highest BCUT2D eigenvalue weighted by atomic mass is 35.5. The van der Waals surface area contributed by atoms with Crippen molar-refractivity contribution in [3.63, 3.8) is 0 Å². The number of piperazine rings is 1. The fourth-order valence-electron chi connectivity index (χ4n) is 2.70. The molecule has 21 heavy (non-hydrogen) atoms. The van der Waals surface area contributed by atoms with E-state index in [1.807, 2.05) is 6.07 Å². The highest BCUT2D eigenvalue weighted by molar-refractivity contribution is 6.30. The Kier molecular flexibility index (Phi) is 9.83. The minimum absolute atomic E-state index is 0. The smallest absolute Gasteiger partial charge is 0.125 e. The lowest BCUT2D eigenvalue weighted by atomic mass is 9.95. The maximum absolute atomic E-state index is 13.6. The van der Waals surface area contributed by atoms with Crippen molar-refractivity contribution in [1.29, 1.82) is 0 Å². The molecular weight excluding hydrogens is 334 g/mol. The van der Waals surface area contributed by atoms with Crippen molar-refractivity contribution in [2.45, 2.75) is 26.3 Å². The Morgan fingerprint density at radius 1 is 1.19 bits per heavy atom. The van der Waals surface area contributed by atoms with Crippen LogP contribution < -0.4 is 5.32 Å². The van der Waals surface area contributed by atoms with E-state index in [0.717, 1.165) is 38.2 Å². The van der Waals surface area contributed by atoms with Crippen molar-refractivity contribution in [1.82, 2.24) is 10.2 Å². The van der Waals surface area contributed by atoms with Crippen molar-refractivity contribution in [2.75, 3.05) is 26.2 Å². The Bertz CT molecular complexity index is 403. The second-order valence-electron chi connectivity index (χ2n) is 5.63. The standard InChI is InChI=1S/C15H22ClFN2.2ClH/c1-11(2)7-15(19-5-3-18-4-6-19)12-8-13(16)10-14(17)9-12;;/h8-11,15,18H,3-7H2,1-2H3;2*1H/t15-;;/m0../s1. The summed E-state index contributed by atoms with van der Waals surface area (Å²) < 4.78 is 13.6. The van der Waals surface area contributed by atoms with Gasteiger partial charge in [-0.15, -0.1) is 24.8 Å². The lowest BCUT2D eigenvalue weighted by Gasteiger charge is -2.36. The fourth-order valence-corrected chi connectivity index (χ4v) is 2.93. The van der Waals surface area contributed by atoms with Crippen molar-refractivity contribution in [3.05, 3.63) is 34.6 Å². The van der Waals surface area contributed by atoms with Crippen molar-refractivity contribution in [2.24, 2.45) is 5.92 Å². The second kappa shape index (κ2) is 9.86. The molecule has 1 aliphatic rings. The van der Waals surface area contributed by atoms with E-state index in [4.69, 9.17) is 11.6 Å². The van der Waals surface area contributed by atoms with E-state index in [9.17, 15) is 4.39 Å². The average Bonchev–Trinajstić information content (AvgIpc) is 2.35. The summed E-state index contributed by atoms with van der Waals surface area (Å²) in [5.74, 6) is 0.327. The minimum Gasteiger partial charge on any atom is -0.314 e. The summed E-state index contributed by atoms with van der Waals surface area (Å²) in [6.45, 7) is 8.42. The molecule has 1 saturated heterocycles. The number of hydrogen-bond donors (Lipinski definition) is 1. The number of halogens is 4. The van der Waals surface area contributed by atoms with E-state index in [-0.39, 0.29) is 36.7 Å². The number of hydrogen-bond acceptors (Lipinski definition) is 2.